The Kier molecular flexibility index (Phi) is 3.86. The van der Waals surface area contributed by atoms with Gasteiger partial charge in [-0.15, -0.1) is 0 Å². The molecule has 0 bridgehead atoms. The summed E-state index contributed by atoms with van der Waals surface area (Å²) in [6.45, 7) is 3.53. The third-order valence-electron chi connectivity index (χ3n) is 8.61. The van der Waals surface area contributed by atoms with Crippen LogP contribution in [0.15, 0.2) is 0 Å². The molecule has 0 radical (unpaired) electrons. The highest BCUT2D eigenvalue weighted by Crippen LogP contribution is 2.71. The van der Waals surface area contributed by atoms with Gasteiger partial charge in [0.05, 0.1) is 22.7 Å². The van der Waals surface area contributed by atoms with Crippen LogP contribution in [0.3, 0.4) is 0 Å². The van der Waals surface area contributed by atoms with E-state index in [-0.39, 0.29) is 35.7 Å². The molecule has 2 saturated heterocycles. The minimum absolute atomic E-state index is 0.0554. The van der Waals surface area contributed by atoms with Crippen LogP contribution in [-0.2, 0) is 19.2 Å². The molecular formula is C22H30N2O4. The van der Waals surface area contributed by atoms with Crippen molar-refractivity contribution in [1.82, 2.24) is 9.80 Å². The molecule has 0 aromatic carbocycles. The van der Waals surface area contributed by atoms with Gasteiger partial charge in [-0.05, 0) is 39.5 Å². The number of nitrogens with zero attached hydrogens (tertiary/aromatic N) is 2. The standard InChI is InChI=1S/C22H30N2O4/c1-21-15(17(25)23(19(21)27)13-9-5-3-6-10-13)22(2)16(21)18(26)24(20(22)28)14-11-7-4-8-12-14/h13-16H,3-12H2,1-2H3. The Morgan fingerprint density at radius 3 is 1.25 bits per heavy atom. The van der Waals surface area contributed by atoms with Crippen LogP contribution in [0.4, 0.5) is 0 Å². The lowest BCUT2D eigenvalue weighted by Gasteiger charge is -2.53. The summed E-state index contributed by atoms with van der Waals surface area (Å²) in [4.78, 5) is 56.6. The van der Waals surface area contributed by atoms with Crippen molar-refractivity contribution >= 4 is 23.6 Å². The number of imide groups is 2. The molecular weight excluding hydrogens is 356 g/mol. The minimum atomic E-state index is -1.04. The van der Waals surface area contributed by atoms with Gasteiger partial charge in [0.1, 0.15) is 0 Å². The van der Waals surface area contributed by atoms with Crippen LogP contribution in [0.2, 0.25) is 0 Å². The first-order chi connectivity index (χ1) is 13.3. The Balaban J connectivity index is 1.50. The largest absolute Gasteiger partial charge is 0.279 e. The maximum absolute atomic E-state index is 13.4. The maximum Gasteiger partial charge on any atom is 0.237 e. The van der Waals surface area contributed by atoms with Gasteiger partial charge in [0, 0.05) is 12.1 Å². The molecule has 5 aliphatic rings. The van der Waals surface area contributed by atoms with Crippen molar-refractivity contribution in [2.24, 2.45) is 22.7 Å². The second-order valence-corrected chi connectivity index (χ2v) is 10.0. The van der Waals surface area contributed by atoms with Crippen molar-refractivity contribution in [3.63, 3.8) is 0 Å². The third kappa shape index (κ3) is 1.94. The first kappa shape index (κ1) is 18.3. The molecule has 0 spiro atoms. The molecule has 0 atom stereocenters. The number of rotatable bonds is 2. The molecule has 3 saturated carbocycles. The summed E-state index contributed by atoms with van der Waals surface area (Å²) in [6.07, 6.45) is 9.76. The first-order valence-electron chi connectivity index (χ1n) is 11.1. The molecule has 152 valence electrons. The Morgan fingerprint density at radius 2 is 0.929 bits per heavy atom. The fraction of sp³-hybridized carbons (Fsp3) is 0.818. The number of carbonyl (C=O) groups excluding carboxylic acids is 4. The molecule has 4 amide bonds. The van der Waals surface area contributed by atoms with Gasteiger partial charge < -0.3 is 0 Å². The highest BCUT2D eigenvalue weighted by molar-refractivity contribution is 6.21. The Morgan fingerprint density at radius 1 is 0.607 bits per heavy atom. The van der Waals surface area contributed by atoms with E-state index >= 15 is 0 Å². The van der Waals surface area contributed by atoms with Gasteiger partial charge in [-0.1, -0.05) is 38.5 Å². The number of amides is 4. The number of carbonyl (C=O) groups is 4. The van der Waals surface area contributed by atoms with E-state index in [4.69, 9.17) is 0 Å². The molecule has 2 heterocycles. The molecule has 3 aliphatic carbocycles. The summed E-state index contributed by atoms with van der Waals surface area (Å²) >= 11 is 0. The number of hydrogen-bond donors (Lipinski definition) is 0. The van der Waals surface area contributed by atoms with E-state index in [2.05, 4.69) is 0 Å². The maximum atomic E-state index is 13.4. The molecule has 0 N–H and O–H groups in total. The Bertz CT molecular complexity index is 690. The summed E-state index contributed by atoms with van der Waals surface area (Å²) in [7, 11) is 0. The number of fused-ring (bicyclic) bond motifs is 4. The number of hydrogen-bond acceptors (Lipinski definition) is 4. The zero-order valence-corrected chi connectivity index (χ0v) is 16.9. The van der Waals surface area contributed by atoms with Crippen LogP contribution >= 0.6 is 0 Å². The van der Waals surface area contributed by atoms with Crippen molar-refractivity contribution in [2.75, 3.05) is 0 Å². The minimum Gasteiger partial charge on any atom is -0.279 e. The highest BCUT2D eigenvalue weighted by Gasteiger charge is 2.86. The normalized spacial score (nSPS) is 42.1. The van der Waals surface area contributed by atoms with E-state index in [1.807, 2.05) is 0 Å². The van der Waals surface area contributed by atoms with Gasteiger partial charge in [0.25, 0.3) is 0 Å². The average molecular weight is 386 g/mol. The zero-order valence-electron chi connectivity index (χ0n) is 16.9. The average Bonchev–Trinajstić information content (AvgIpc) is 2.97. The molecule has 0 unspecified atom stereocenters. The predicted molar refractivity (Wildman–Crippen MR) is 101 cm³/mol. The monoisotopic (exact) mass is 386 g/mol. The van der Waals surface area contributed by atoms with E-state index in [9.17, 15) is 19.2 Å². The molecule has 6 heteroatoms. The van der Waals surface area contributed by atoms with Crippen LogP contribution in [0, 0.1) is 22.7 Å². The molecule has 5 fully saturated rings. The van der Waals surface area contributed by atoms with Gasteiger partial charge in [0.15, 0.2) is 0 Å². The van der Waals surface area contributed by atoms with Crippen molar-refractivity contribution in [2.45, 2.75) is 90.1 Å². The van der Waals surface area contributed by atoms with Gasteiger partial charge in [-0.3, -0.25) is 29.0 Å². The summed E-state index contributed by atoms with van der Waals surface area (Å²) in [5, 5.41) is 0. The van der Waals surface area contributed by atoms with Gasteiger partial charge in [-0.25, -0.2) is 0 Å². The second-order valence-electron chi connectivity index (χ2n) is 10.0. The van der Waals surface area contributed by atoms with Crippen molar-refractivity contribution in [3.05, 3.63) is 0 Å². The van der Waals surface area contributed by atoms with Crippen molar-refractivity contribution in [1.29, 1.82) is 0 Å². The summed E-state index contributed by atoms with van der Waals surface area (Å²) in [5.41, 5.74) is -2.08. The smallest absolute Gasteiger partial charge is 0.237 e. The van der Waals surface area contributed by atoms with Crippen molar-refractivity contribution in [3.8, 4) is 0 Å². The van der Waals surface area contributed by atoms with Crippen LogP contribution in [0.25, 0.3) is 0 Å². The van der Waals surface area contributed by atoms with Gasteiger partial charge >= 0.3 is 0 Å². The topological polar surface area (TPSA) is 74.8 Å². The fourth-order valence-electron chi connectivity index (χ4n) is 7.37. The lowest BCUT2D eigenvalue weighted by atomic mass is 9.41. The lowest BCUT2D eigenvalue weighted by molar-refractivity contribution is -0.179. The van der Waals surface area contributed by atoms with Gasteiger partial charge in [0.2, 0.25) is 23.6 Å². The SMILES string of the molecule is CC12C(=O)N(C3CCCCC3)C(=O)C1C1(C)C(=O)N(C3CCCCC3)C(=O)C21. The molecule has 28 heavy (non-hydrogen) atoms. The Hall–Kier alpha value is -1.72. The van der Waals surface area contributed by atoms with E-state index in [1.165, 1.54) is 9.80 Å². The van der Waals surface area contributed by atoms with E-state index in [0.717, 1.165) is 64.2 Å². The zero-order chi connectivity index (χ0) is 19.8. The van der Waals surface area contributed by atoms with E-state index in [1.54, 1.807) is 13.8 Å². The van der Waals surface area contributed by atoms with Crippen LogP contribution in [0.1, 0.15) is 78.1 Å². The van der Waals surface area contributed by atoms with Crippen molar-refractivity contribution < 1.29 is 19.2 Å². The lowest BCUT2D eigenvalue weighted by Crippen LogP contribution is -2.65. The second kappa shape index (κ2) is 5.90. The number of likely N-dealkylation sites (tertiary alicyclic amines) is 2. The van der Waals surface area contributed by atoms with E-state index < -0.39 is 22.7 Å². The predicted octanol–water partition coefficient (Wildman–Crippen LogP) is 2.65. The third-order valence-corrected chi connectivity index (χ3v) is 8.61. The van der Waals surface area contributed by atoms with Crippen LogP contribution < -0.4 is 0 Å². The van der Waals surface area contributed by atoms with Crippen LogP contribution in [-0.4, -0.2) is 45.5 Å². The van der Waals surface area contributed by atoms with Gasteiger partial charge in [-0.2, -0.15) is 0 Å². The fourth-order valence-corrected chi connectivity index (χ4v) is 7.37. The quantitative estimate of drug-likeness (QED) is 0.684. The Labute approximate surface area is 166 Å². The molecule has 2 aliphatic heterocycles. The summed E-state index contributed by atoms with van der Waals surface area (Å²) < 4.78 is 0. The molecule has 0 aromatic rings. The highest BCUT2D eigenvalue weighted by atomic mass is 16.2. The first-order valence-corrected chi connectivity index (χ1v) is 11.1. The van der Waals surface area contributed by atoms with Crippen LogP contribution in [0.5, 0.6) is 0 Å². The summed E-state index contributed by atoms with van der Waals surface area (Å²) in [6, 6.07) is -0.111. The van der Waals surface area contributed by atoms with E-state index in [0.29, 0.717) is 0 Å². The summed E-state index contributed by atoms with van der Waals surface area (Å²) in [5.74, 6) is -2.17. The molecule has 0 aromatic heterocycles. The molecule has 5 rings (SSSR count). The molecule has 6 nitrogen and oxygen atoms in total.